The Balaban J connectivity index is 1.61. The van der Waals surface area contributed by atoms with Crippen molar-refractivity contribution >= 4 is 23.6 Å². The number of pyridine rings is 1. The minimum Gasteiger partial charge on any atom is -0.381 e. The smallest absolute Gasteiger partial charge is 0.381 e. The summed E-state index contributed by atoms with van der Waals surface area (Å²) in [6.07, 6.45) is -3.97. The van der Waals surface area contributed by atoms with E-state index in [0.717, 1.165) is 30.1 Å². The first-order valence-electron chi connectivity index (χ1n) is 10.7. The van der Waals surface area contributed by atoms with Crippen molar-refractivity contribution in [1.29, 1.82) is 0 Å². The molecule has 1 saturated heterocycles. The predicted octanol–water partition coefficient (Wildman–Crippen LogP) is 3.24. The zero-order valence-corrected chi connectivity index (χ0v) is 18.7. The van der Waals surface area contributed by atoms with Gasteiger partial charge in [-0.25, -0.2) is 24.6 Å². The van der Waals surface area contributed by atoms with E-state index in [2.05, 4.69) is 30.4 Å². The second-order valence-corrected chi connectivity index (χ2v) is 7.90. The Labute approximate surface area is 204 Å². The number of primary amides is 1. The van der Waals surface area contributed by atoms with Crippen LogP contribution in [0, 0.1) is 0 Å². The van der Waals surface area contributed by atoms with Gasteiger partial charge >= 0.3 is 12.4 Å². The molecule has 3 aromatic heterocycles. The quantitative estimate of drug-likeness (QED) is 0.368. The number of halogens is 6. The molecule has 16 heteroatoms. The second-order valence-electron chi connectivity index (χ2n) is 7.90. The van der Waals surface area contributed by atoms with E-state index < -0.39 is 41.0 Å². The van der Waals surface area contributed by atoms with E-state index >= 15 is 0 Å². The molecular weight excluding hydrogens is 510 g/mol. The number of hydrogen-bond donors (Lipinski definition) is 2. The molecule has 1 fully saturated rings. The van der Waals surface area contributed by atoms with E-state index in [9.17, 15) is 31.1 Å². The van der Waals surface area contributed by atoms with Gasteiger partial charge in [-0.05, 0) is 25.0 Å². The fourth-order valence-corrected chi connectivity index (χ4v) is 3.40. The Morgan fingerprint density at radius 2 is 1.62 bits per heavy atom. The van der Waals surface area contributed by atoms with E-state index in [1.54, 1.807) is 0 Å². The molecule has 4 heterocycles. The van der Waals surface area contributed by atoms with Crippen LogP contribution in [0.4, 0.5) is 32.3 Å². The lowest BCUT2D eigenvalue weighted by Crippen LogP contribution is -2.28. The molecule has 0 bridgehead atoms. The van der Waals surface area contributed by atoms with E-state index in [1.807, 2.05) is 0 Å². The highest BCUT2D eigenvalue weighted by Gasteiger charge is 2.39. The molecule has 196 valence electrons. The molecule has 0 saturated carbocycles. The van der Waals surface area contributed by atoms with Gasteiger partial charge in [0.05, 0.1) is 5.57 Å². The first-order valence-corrected chi connectivity index (χ1v) is 10.7. The highest BCUT2D eigenvalue weighted by Crippen LogP contribution is 2.35. The van der Waals surface area contributed by atoms with E-state index in [-0.39, 0.29) is 17.2 Å². The molecule has 0 aliphatic carbocycles. The fourth-order valence-electron chi connectivity index (χ4n) is 3.40. The maximum Gasteiger partial charge on any atom is 0.433 e. The van der Waals surface area contributed by atoms with Crippen LogP contribution in [-0.4, -0.2) is 54.9 Å². The van der Waals surface area contributed by atoms with Crippen molar-refractivity contribution in [2.45, 2.75) is 31.2 Å². The van der Waals surface area contributed by atoms with Crippen LogP contribution in [-0.2, 0) is 21.9 Å². The van der Waals surface area contributed by atoms with Crippen LogP contribution in [0.3, 0.4) is 0 Å². The molecule has 0 atom stereocenters. The molecule has 1 aliphatic rings. The lowest BCUT2D eigenvalue weighted by molar-refractivity contribution is -0.150. The molecule has 0 radical (unpaired) electrons. The van der Waals surface area contributed by atoms with Crippen LogP contribution >= 0.6 is 0 Å². The van der Waals surface area contributed by atoms with Gasteiger partial charge < -0.3 is 15.8 Å². The number of carbonyl (C=O) groups is 1. The molecule has 0 unspecified atom stereocenters. The van der Waals surface area contributed by atoms with Crippen molar-refractivity contribution in [3.05, 3.63) is 47.8 Å². The van der Waals surface area contributed by atoms with Gasteiger partial charge in [-0.1, -0.05) is 0 Å². The summed E-state index contributed by atoms with van der Waals surface area (Å²) >= 11 is 0. The van der Waals surface area contributed by atoms with E-state index in [1.165, 1.54) is 12.4 Å². The van der Waals surface area contributed by atoms with Crippen LogP contribution in [0.25, 0.3) is 23.2 Å². The summed E-state index contributed by atoms with van der Waals surface area (Å²) in [6, 6.07) is 0.917. The summed E-state index contributed by atoms with van der Waals surface area (Å²) in [5.74, 6) is -1.06. The number of amides is 1. The average Bonchev–Trinajstić information content (AvgIpc) is 3.31. The number of nitrogens with one attached hydrogen (secondary N) is 1. The number of anilines is 1. The van der Waals surface area contributed by atoms with Gasteiger partial charge in [0.2, 0.25) is 5.95 Å². The number of nitrogens with two attached hydrogens (primary N) is 1. The summed E-state index contributed by atoms with van der Waals surface area (Å²) < 4.78 is 84.8. The number of hydrogen-bond acceptors (Lipinski definition) is 8. The maximum atomic E-state index is 13.1. The maximum absolute atomic E-state index is 13.1. The highest BCUT2D eigenvalue weighted by molar-refractivity contribution is 6.22. The molecule has 4 rings (SSSR count). The van der Waals surface area contributed by atoms with Gasteiger partial charge in [-0.2, -0.15) is 26.3 Å². The number of nitrogens with zero attached hydrogens (tertiary/aromatic N) is 6. The largest absolute Gasteiger partial charge is 0.433 e. The van der Waals surface area contributed by atoms with Crippen LogP contribution in [0.5, 0.6) is 0 Å². The minimum absolute atomic E-state index is 0.128. The van der Waals surface area contributed by atoms with Crippen LogP contribution in [0.2, 0.25) is 0 Å². The average molecular weight is 528 g/mol. The third kappa shape index (κ3) is 6.38. The lowest BCUT2D eigenvalue weighted by Gasteiger charge is -2.22. The Morgan fingerprint density at radius 1 is 1.03 bits per heavy atom. The molecule has 0 spiro atoms. The van der Waals surface area contributed by atoms with Gasteiger partial charge in [0, 0.05) is 49.0 Å². The summed E-state index contributed by atoms with van der Waals surface area (Å²) in [4.78, 5) is 26.8. The Hall–Kier alpha value is -4.08. The van der Waals surface area contributed by atoms with Gasteiger partial charge in [0.25, 0.3) is 5.91 Å². The van der Waals surface area contributed by atoms with Crippen molar-refractivity contribution < 1.29 is 35.9 Å². The van der Waals surface area contributed by atoms with Crippen LogP contribution in [0.15, 0.2) is 30.9 Å². The van der Waals surface area contributed by atoms with E-state index in [4.69, 9.17) is 10.5 Å². The Morgan fingerprint density at radius 3 is 2.16 bits per heavy atom. The van der Waals surface area contributed by atoms with Crippen molar-refractivity contribution in [1.82, 2.24) is 29.7 Å². The molecule has 3 N–H and O–H groups in total. The zero-order chi connectivity index (χ0) is 26.8. The van der Waals surface area contributed by atoms with Crippen LogP contribution in [0.1, 0.15) is 29.8 Å². The molecule has 1 amide bonds. The van der Waals surface area contributed by atoms with Crippen molar-refractivity contribution in [2.24, 2.45) is 5.73 Å². The molecule has 10 nitrogen and oxygen atoms in total. The minimum atomic E-state index is -5.14. The predicted molar refractivity (Wildman–Crippen MR) is 116 cm³/mol. The van der Waals surface area contributed by atoms with Gasteiger partial charge in [0.1, 0.15) is 17.7 Å². The topological polar surface area (TPSA) is 134 Å². The number of alkyl halides is 6. The van der Waals surface area contributed by atoms with Crippen molar-refractivity contribution in [3.63, 3.8) is 0 Å². The fraction of sp³-hybridized carbons (Fsp3) is 0.333. The second kappa shape index (κ2) is 10.1. The normalized spacial score (nSPS) is 15.6. The summed E-state index contributed by atoms with van der Waals surface area (Å²) in [5.41, 5.74) is 1.43. The molecule has 37 heavy (non-hydrogen) atoms. The summed E-state index contributed by atoms with van der Waals surface area (Å²) in [6.45, 7) is 1.22. The Bertz CT molecular complexity index is 1270. The molecule has 3 aromatic rings. The highest BCUT2D eigenvalue weighted by atomic mass is 19.4. The molecule has 1 aliphatic heterocycles. The SMILES string of the molecule is NC(=O)/C(=C/n1cnc(-c2cc(C(F)(F)F)nc(C(F)(F)F)c2)n1)c1cnc(NC2CCOCC2)nc1. The molecular formula is C21H18F6N8O2. The van der Waals surface area contributed by atoms with E-state index in [0.29, 0.717) is 31.3 Å². The standard InChI is InChI=1S/C21H18F6N8O2/c22-20(23,24)15-5-11(6-16(33-15)21(25,26)27)18-31-10-35(34-18)9-14(17(28)36)12-7-29-19(30-8-12)32-13-1-3-37-4-2-13/h5-10,13H,1-4H2,(H2,28,36)(H,29,30,32)/b14-9+. The monoisotopic (exact) mass is 528 g/mol. The van der Waals surface area contributed by atoms with Crippen LogP contribution < -0.4 is 11.1 Å². The number of carbonyl (C=O) groups excluding carboxylic acids is 1. The molecule has 0 aromatic carbocycles. The summed E-state index contributed by atoms with van der Waals surface area (Å²) in [5, 5.41) is 7.01. The van der Waals surface area contributed by atoms with Crippen molar-refractivity contribution in [3.8, 4) is 11.4 Å². The third-order valence-electron chi connectivity index (χ3n) is 5.22. The zero-order valence-electron chi connectivity index (χ0n) is 18.7. The van der Waals surface area contributed by atoms with Gasteiger partial charge in [0.15, 0.2) is 5.82 Å². The van der Waals surface area contributed by atoms with Crippen molar-refractivity contribution in [2.75, 3.05) is 18.5 Å². The number of ether oxygens (including phenoxy) is 1. The number of aromatic nitrogens is 6. The van der Waals surface area contributed by atoms with Gasteiger partial charge in [-0.15, -0.1) is 5.10 Å². The van der Waals surface area contributed by atoms with Gasteiger partial charge in [-0.3, -0.25) is 4.79 Å². The summed E-state index contributed by atoms with van der Waals surface area (Å²) in [7, 11) is 0. The number of rotatable bonds is 6. The first-order chi connectivity index (χ1) is 17.4. The third-order valence-corrected chi connectivity index (χ3v) is 5.22. The lowest BCUT2D eigenvalue weighted by atomic mass is 10.1. The first kappa shape index (κ1) is 26.0. The Kier molecular flexibility index (Phi) is 7.11.